The summed E-state index contributed by atoms with van der Waals surface area (Å²) in [7, 11) is 3.17. The van der Waals surface area contributed by atoms with E-state index in [-0.39, 0.29) is 30.3 Å². The molecule has 2 unspecified atom stereocenters. The molecular weight excluding hydrogens is 292 g/mol. The second-order valence-corrected chi connectivity index (χ2v) is 5.11. The van der Waals surface area contributed by atoms with E-state index in [1.807, 2.05) is 39.0 Å². The monoisotopic (exact) mass is 316 g/mol. The Kier molecular flexibility index (Phi) is 8.14. The van der Waals surface area contributed by atoms with Crippen LogP contribution in [0.15, 0.2) is 18.2 Å². The van der Waals surface area contributed by atoms with Crippen LogP contribution in [0.1, 0.15) is 32.4 Å². The summed E-state index contributed by atoms with van der Waals surface area (Å²) < 4.78 is 10.4. The molecule has 120 valence electrons. The van der Waals surface area contributed by atoms with E-state index in [2.05, 4.69) is 5.32 Å². The van der Waals surface area contributed by atoms with Gasteiger partial charge in [0.2, 0.25) is 5.91 Å². The van der Waals surface area contributed by atoms with Crippen LogP contribution in [0.4, 0.5) is 0 Å². The van der Waals surface area contributed by atoms with Crippen LogP contribution < -0.4 is 20.5 Å². The fourth-order valence-electron chi connectivity index (χ4n) is 1.82. The number of carbonyl (C=O) groups excluding carboxylic acids is 1. The van der Waals surface area contributed by atoms with Crippen molar-refractivity contribution in [3.63, 3.8) is 0 Å². The molecule has 0 heterocycles. The van der Waals surface area contributed by atoms with Gasteiger partial charge in [-0.1, -0.05) is 19.9 Å². The Hall–Kier alpha value is -1.46. The molecular formula is C15H25ClN2O3. The van der Waals surface area contributed by atoms with E-state index in [0.717, 1.165) is 5.56 Å². The first-order valence-electron chi connectivity index (χ1n) is 6.68. The van der Waals surface area contributed by atoms with Crippen LogP contribution in [-0.2, 0) is 4.79 Å². The average molecular weight is 317 g/mol. The highest BCUT2D eigenvalue weighted by Crippen LogP contribution is 2.29. The third-order valence-electron chi connectivity index (χ3n) is 3.29. The highest BCUT2D eigenvalue weighted by Gasteiger charge is 2.20. The molecule has 0 saturated heterocycles. The van der Waals surface area contributed by atoms with Crippen molar-refractivity contribution in [1.29, 1.82) is 0 Å². The maximum atomic E-state index is 12.0. The van der Waals surface area contributed by atoms with E-state index in [4.69, 9.17) is 15.2 Å². The number of benzene rings is 1. The summed E-state index contributed by atoms with van der Waals surface area (Å²) in [6, 6.07) is 4.92. The van der Waals surface area contributed by atoms with Gasteiger partial charge in [0.05, 0.1) is 26.3 Å². The molecule has 0 bridgehead atoms. The van der Waals surface area contributed by atoms with Crippen LogP contribution in [0.2, 0.25) is 0 Å². The Morgan fingerprint density at radius 1 is 1.14 bits per heavy atom. The lowest BCUT2D eigenvalue weighted by Crippen LogP contribution is -2.44. The van der Waals surface area contributed by atoms with Crippen molar-refractivity contribution in [1.82, 2.24) is 5.32 Å². The topological polar surface area (TPSA) is 73.6 Å². The summed E-state index contributed by atoms with van der Waals surface area (Å²) in [4.78, 5) is 12.0. The number of methoxy groups -OCH3 is 2. The molecule has 6 heteroatoms. The smallest absolute Gasteiger partial charge is 0.237 e. The van der Waals surface area contributed by atoms with Crippen LogP contribution in [0, 0.1) is 5.92 Å². The molecule has 1 rings (SSSR count). The Bertz CT molecular complexity index is 466. The highest BCUT2D eigenvalue weighted by molar-refractivity contribution is 5.85. The maximum absolute atomic E-state index is 12.0. The average Bonchev–Trinajstić information content (AvgIpc) is 2.45. The lowest BCUT2D eigenvalue weighted by molar-refractivity contribution is -0.123. The Labute approximate surface area is 132 Å². The zero-order valence-electron chi connectivity index (χ0n) is 13.2. The molecule has 3 N–H and O–H groups in total. The van der Waals surface area contributed by atoms with Crippen molar-refractivity contribution in [3.05, 3.63) is 23.8 Å². The van der Waals surface area contributed by atoms with E-state index < -0.39 is 6.04 Å². The van der Waals surface area contributed by atoms with Crippen LogP contribution in [-0.4, -0.2) is 26.2 Å². The molecule has 5 nitrogen and oxygen atoms in total. The van der Waals surface area contributed by atoms with Crippen molar-refractivity contribution in [2.75, 3.05) is 14.2 Å². The predicted octanol–water partition coefficient (Wildman–Crippen LogP) is 2.29. The van der Waals surface area contributed by atoms with Crippen molar-refractivity contribution in [3.8, 4) is 11.5 Å². The first-order valence-corrected chi connectivity index (χ1v) is 6.68. The number of rotatable bonds is 6. The van der Waals surface area contributed by atoms with Gasteiger partial charge < -0.3 is 20.5 Å². The zero-order valence-corrected chi connectivity index (χ0v) is 14.0. The Balaban J connectivity index is 0.00000400. The van der Waals surface area contributed by atoms with E-state index in [9.17, 15) is 4.79 Å². The van der Waals surface area contributed by atoms with Gasteiger partial charge in [-0.3, -0.25) is 4.79 Å². The van der Waals surface area contributed by atoms with Gasteiger partial charge in [-0.15, -0.1) is 12.4 Å². The quantitative estimate of drug-likeness (QED) is 0.844. The second-order valence-electron chi connectivity index (χ2n) is 5.11. The molecule has 1 aromatic rings. The van der Waals surface area contributed by atoms with Gasteiger partial charge in [-0.2, -0.15) is 0 Å². The molecule has 0 aliphatic carbocycles. The van der Waals surface area contributed by atoms with E-state index in [0.29, 0.717) is 11.5 Å². The number of halogens is 1. The third kappa shape index (κ3) is 5.10. The minimum Gasteiger partial charge on any atom is -0.493 e. The van der Waals surface area contributed by atoms with E-state index >= 15 is 0 Å². The normalized spacial score (nSPS) is 13.1. The summed E-state index contributed by atoms with van der Waals surface area (Å²) in [6.07, 6.45) is 0. The molecule has 1 aromatic carbocycles. The molecule has 0 aromatic heterocycles. The van der Waals surface area contributed by atoms with E-state index in [1.165, 1.54) is 0 Å². The van der Waals surface area contributed by atoms with Crippen molar-refractivity contribution >= 4 is 18.3 Å². The lowest BCUT2D eigenvalue weighted by Gasteiger charge is -2.20. The third-order valence-corrected chi connectivity index (χ3v) is 3.29. The standard InChI is InChI=1S/C15H24N2O3.ClH/c1-9(2)14(16)15(18)17-10(3)11-6-7-12(19-4)13(8-11)20-5;/h6-10,14H,16H2,1-5H3,(H,17,18);1H. The molecule has 0 radical (unpaired) electrons. The first kappa shape index (κ1) is 19.5. The zero-order chi connectivity index (χ0) is 15.3. The van der Waals surface area contributed by atoms with Gasteiger partial charge in [0.15, 0.2) is 11.5 Å². The van der Waals surface area contributed by atoms with Crippen molar-refractivity contribution < 1.29 is 14.3 Å². The fraction of sp³-hybridized carbons (Fsp3) is 0.533. The number of nitrogens with two attached hydrogens (primary N) is 1. The minimum absolute atomic E-state index is 0. The molecule has 2 atom stereocenters. The van der Waals surface area contributed by atoms with Crippen LogP contribution in [0.5, 0.6) is 11.5 Å². The van der Waals surface area contributed by atoms with Gasteiger partial charge in [0.25, 0.3) is 0 Å². The van der Waals surface area contributed by atoms with Gasteiger partial charge in [0.1, 0.15) is 0 Å². The Morgan fingerprint density at radius 3 is 2.19 bits per heavy atom. The Morgan fingerprint density at radius 2 is 1.71 bits per heavy atom. The number of nitrogens with one attached hydrogen (secondary N) is 1. The van der Waals surface area contributed by atoms with Crippen LogP contribution in [0.3, 0.4) is 0 Å². The molecule has 0 spiro atoms. The van der Waals surface area contributed by atoms with Gasteiger partial charge in [0, 0.05) is 0 Å². The fourth-order valence-corrected chi connectivity index (χ4v) is 1.82. The molecule has 0 fully saturated rings. The molecule has 21 heavy (non-hydrogen) atoms. The SMILES string of the molecule is COc1ccc(C(C)NC(=O)C(N)C(C)C)cc1OC.Cl. The van der Waals surface area contributed by atoms with Crippen LogP contribution >= 0.6 is 12.4 Å². The molecule has 0 aliphatic heterocycles. The van der Waals surface area contributed by atoms with Gasteiger partial charge in [-0.05, 0) is 30.5 Å². The largest absolute Gasteiger partial charge is 0.493 e. The summed E-state index contributed by atoms with van der Waals surface area (Å²) in [5.74, 6) is 1.25. The first-order chi connectivity index (χ1) is 9.40. The number of carbonyl (C=O) groups is 1. The maximum Gasteiger partial charge on any atom is 0.237 e. The molecule has 0 aliphatic rings. The predicted molar refractivity (Wildman–Crippen MR) is 86.2 cm³/mol. The van der Waals surface area contributed by atoms with Gasteiger partial charge in [-0.25, -0.2) is 0 Å². The number of hydrogen-bond acceptors (Lipinski definition) is 4. The summed E-state index contributed by atoms with van der Waals surface area (Å²) >= 11 is 0. The summed E-state index contributed by atoms with van der Waals surface area (Å²) in [6.45, 7) is 5.75. The van der Waals surface area contributed by atoms with Crippen molar-refractivity contribution in [2.45, 2.75) is 32.9 Å². The minimum atomic E-state index is -0.502. The summed E-state index contributed by atoms with van der Waals surface area (Å²) in [5.41, 5.74) is 6.77. The summed E-state index contributed by atoms with van der Waals surface area (Å²) in [5, 5.41) is 2.91. The second kappa shape index (κ2) is 8.74. The number of hydrogen-bond donors (Lipinski definition) is 2. The number of ether oxygens (including phenoxy) is 2. The molecule has 0 saturated carbocycles. The highest BCUT2D eigenvalue weighted by atomic mass is 35.5. The number of amides is 1. The van der Waals surface area contributed by atoms with Crippen molar-refractivity contribution in [2.24, 2.45) is 11.7 Å². The van der Waals surface area contributed by atoms with E-state index in [1.54, 1.807) is 14.2 Å². The van der Waals surface area contributed by atoms with Crippen LogP contribution in [0.25, 0.3) is 0 Å². The lowest BCUT2D eigenvalue weighted by atomic mass is 10.0. The van der Waals surface area contributed by atoms with Gasteiger partial charge >= 0.3 is 0 Å². The molecule has 1 amide bonds.